The van der Waals surface area contributed by atoms with Crippen molar-refractivity contribution in [3.8, 4) is 0 Å². The number of carbonyl (C=O) groups is 1. The maximum atomic E-state index is 13.6. The Kier molecular flexibility index (Phi) is 6.91. The van der Waals surface area contributed by atoms with Gasteiger partial charge in [-0.2, -0.15) is 0 Å². The molecule has 1 aromatic heterocycles. The Hall–Kier alpha value is -1.42. The fraction of sp³-hybridized carbons (Fsp3) is 0.278. The lowest BCUT2D eigenvalue weighted by molar-refractivity contribution is -0.116. The number of allylic oxidation sites excluding steroid dienone is 1. The van der Waals surface area contributed by atoms with Gasteiger partial charge in [-0.1, -0.05) is 37.9 Å². The zero-order valence-electron chi connectivity index (χ0n) is 14.3. The molecule has 2 aromatic rings. The highest BCUT2D eigenvalue weighted by Gasteiger charge is 2.33. The van der Waals surface area contributed by atoms with Crippen LogP contribution in [0.2, 0.25) is 0 Å². The molecule has 1 unspecified atom stereocenters. The Labute approximate surface area is 177 Å². The fourth-order valence-corrected chi connectivity index (χ4v) is 4.46. The summed E-state index contributed by atoms with van der Waals surface area (Å²) in [7, 11) is 0. The Morgan fingerprint density at radius 2 is 2.30 bits per heavy atom. The van der Waals surface area contributed by atoms with Crippen molar-refractivity contribution in [3.05, 3.63) is 61.9 Å². The molecule has 5 nitrogen and oxygen atoms in total. The first-order chi connectivity index (χ1) is 13.1. The third-order valence-corrected chi connectivity index (χ3v) is 6.00. The highest BCUT2D eigenvalue weighted by Crippen LogP contribution is 2.38. The zero-order valence-corrected chi connectivity index (χ0v) is 18.3. The lowest BCUT2D eigenvalue weighted by Crippen LogP contribution is -2.36. The predicted molar refractivity (Wildman–Crippen MR) is 111 cm³/mol. The van der Waals surface area contributed by atoms with Crippen LogP contribution in [0.3, 0.4) is 0 Å². The van der Waals surface area contributed by atoms with E-state index in [1.165, 1.54) is 23.5 Å². The average Bonchev–Trinajstić information content (AvgIpc) is 3.20. The molecule has 3 rings (SSSR count). The molecule has 0 saturated carbocycles. The molecule has 2 atom stereocenters. The van der Waals surface area contributed by atoms with E-state index in [2.05, 4.69) is 42.2 Å². The molecule has 0 spiro atoms. The van der Waals surface area contributed by atoms with Crippen LogP contribution in [-0.2, 0) is 9.53 Å². The second-order valence-corrected chi connectivity index (χ2v) is 7.90. The molecule has 1 aliphatic rings. The van der Waals surface area contributed by atoms with E-state index < -0.39 is 12.1 Å². The SMILES string of the molecule is CCOC(C=O)C1=C(CBr)NC(c2nccs2)=N[C@H]1c1ccc(F)cc1Br. The minimum Gasteiger partial charge on any atom is -0.366 e. The molecule has 0 fully saturated rings. The Morgan fingerprint density at radius 3 is 2.89 bits per heavy atom. The van der Waals surface area contributed by atoms with Gasteiger partial charge in [0, 0.05) is 39.3 Å². The van der Waals surface area contributed by atoms with Crippen LogP contribution in [0.4, 0.5) is 4.39 Å². The van der Waals surface area contributed by atoms with Gasteiger partial charge in [0.2, 0.25) is 0 Å². The normalized spacial score (nSPS) is 18.1. The number of nitrogens with zero attached hydrogens (tertiary/aromatic N) is 2. The van der Waals surface area contributed by atoms with Gasteiger partial charge in [-0.3, -0.25) is 4.99 Å². The number of halogens is 3. The number of aldehydes is 1. The van der Waals surface area contributed by atoms with E-state index in [4.69, 9.17) is 9.73 Å². The van der Waals surface area contributed by atoms with E-state index in [1.54, 1.807) is 12.3 Å². The van der Waals surface area contributed by atoms with Crippen molar-refractivity contribution >= 4 is 55.3 Å². The summed E-state index contributed by atoms with van der Waals surface area (Å²) in [5, 5.41) is 6.33. The Balaban J connectivity index is 2.17. The minimum absolute atomic E-state index is 0.355. The number of ether oxygens (including phenoxy) is 1. The zero-order chi connectivity index (χ0) is 19.4. The summed E-state index contributed by atoms with van der Waals surface area (Å²) in [6.45, 7) is 2.21. The molecule has 0 bridgehead atoms. The molecule has 1 aliphatic heterocycles. The van der Waals surface area contributed by atoms with Crippen LogP contribution in [0.1, 0.15) is 23.5 Å². The van der Waals surface area contributed by atoms with Crippen LogP contribution in [0.5, 0.6) is 0 Å². The maximum absolute atomic E-state index is 13.6. The van der Waals surface area contributed by atoms with Gasteiger partial charge in [0.15, 0.2) is 17.1 Å². The molecule has 0 radical (unpaired) electrons. The summed E-state index contributed by atoms with van der Waals surface area (Å²) >= 11 is 8.37. The van der Waals surface area contributed by atoms with Crippen molar-refractivity contribution in [2.45, 2.75) is 19.1 Å². The van der Waals surface area contributed by atoms with Crippen molar-refractivity contribution in [1.82, 2.24) is 10.3 Å². The smallest absolute Gasteiger partial charge is 0.163 e. The van der Waals surface area contributed by atoms with Crippen molar-refractivity contribution in [2.24, 2.45) is 4.99 Å². The van der Waals surface area contributed by atoms with Gasteiger partial charge in [-0.15, -0.1) is 11.3 Å². The number of aromatic nitrogens is 1. The highest BCUT2D eigenvalue weighted by molar-refractivity contribution is 9.10. The third kappa shape index (κ3) is 4.37. The number of aliphatic imine (C=N–C) groups is 1. The first-order valence-electron chi connectivity index (χ1n) is 8.14. The molecule has 142 valence electrons. The van der Waals surface area contributed by atoms with Crippen LogP contribution < -0.4 is 5.32 Å². The largest absolute Gasteiger partial charge is 0.366 e. The molecule has 9 heteroatoms. The molecule has 0 aliphatic carbocycles. The number of rotatable bonds is 7. The summed E-state index contributed by atoms with van der Waals surface area (Å²) in [5.74, 6) is 0.247. The summed E-state index contributed by atoms with van der Waals surface area (Å²) in [6, 6.07) is 3.91. The Morgan fingerprint density at radius 1 is 1.48 bits per heavy atom. The number of amidine groups is 1. The molecule has 27 heavy (non-hydrogen) atoms. The van der Waals surface area contributed by atoms with Crippen LogP contribution in [-0.4, -0.2) is 35.1 Å². The van der Waals surface area contributed by atoms with E-state index in [1.807, 2.05) is 12.3 Å². The van der Waals surface area contributed by atoms with Gasteiger partial charge in [-0.25, -0.2) is 9.37 Å². The summed E-state index contributed by atoms with van der Waals surface area (Å²) in [4.78, 5) is 20.9. The van der Waals surface area contributed by atoms with E-state index in [0.717, 1.165) is 22.6 Å². The van der Waals surface area contributed by atoms with Crippen LogP contribution in [0, 0.1) is 5.82 Å². The molecule has 1 aromatic carbocycles. The second kappa shape index (κ2) is 9.18. The molecular formula is C18H16Br2FN3O2S. The fourth-order valence-electron chi connectivity index (χ4n) is 2.84. The first-order valence-corrected chi connectivity index (χ1v) is 10.9. The lowest BCUT2D eigenvalue weighted by Gasteiger charge is -2.30. The van der Waals surface area contributed by atoms with Crippen molar-refractivity contribution in [2.75, 3.05) is 11.9 Å². The van der Waals surface area contributed by atoms with Gasteiger partial charge < -0.3 is 14.8 Å². The number of benzene rings is 1. The van der Waals surface area contributed by atoms with Gasteiger partial charge in [0.25, 0.3) is 0 Å². The average molecular weight is 517 g/mol. The van der Waals surface area contributed by atoms with Crippen molar-refractivity contribution < 1.29 is 13.9 Å². The predicted octanol–water partition coefficient (Wildman–Crippen LogP) is 4.39. The summed E-state index contributed by atoms with van der Waals surface area (Å²) < 4.78 is 19.8. The summed E-state index contributed by atoms with van der Waals surface area (Å²) in [6.07, 6.45) is 1.70. The second-order valence-electron chi connectivity index (χ2n) is 5.59. The van der Waals surface area contributed by atoms with Gasteiger partial charge in [0.1, 0.15) is 18.0 Å². The summed E-state index contributed by atoms with van der Waals surface area (Å²) in [5.41, 5.74) is 2.21. The number of thiazole rings is 1. The molecule has 0 saturated heterocycles. The number of nitrogens with one attached hydrogen (secondary N) is 1. The topological polar surface area (TPSA) is 63.6 Å². The Bertz CT molecular complexity index is 887. The number of alkyl halides is 1. The quantitative estimate of drug-likeness (QED) is 0.438. The van der Waals surface area contributed by atoms with Crippen molar-refractivity contribution in [3.63, 3.8) is 0 Å². The van der Waals surface area contributed by atoms with Crippen LogP contribution in [0.25, 0.3) is 0 Å². The standard InChI is InChI=1S/C18H16Br2FN3O2S/c1-2-26-14(9-25)15-13(8-19)23-17(18-22-5-6-27-18)24-16(15)11-4-3-10(21)7-12(11)20/h3-7,9,14,16H,2,8H2,1H3,(H,23,24)/t14?,16-/m0/s1. The highest BCUT2D eigenvalue weighted by atomic mass is 79.9. The lowest BCUT2D eigenvalue weighted by atomic mass is 9.92. The van der Waals surface area contributed by atoms with E-state index >= 15 is 0 Å². The van der Waals surface area contributed by atoms with Gasteiger partial charge in [-0.05, 0) is 24.6 Å². The van der Waals surface area contributed by atoms with E-state index in [0.29, 0.717) is 27.8 Å². The van der Waals surface area contributed by atoms with Crippen LogP contribution in [0.15, 0.2) is 50.5 Å². The van der Waals surface area contributed by atoms with Crippen LogP contribution >= 0.6 is 43.2 Å². The van der Waals surface area contributed by atoms with Crippen molar-refractivity contribution in [1.29, 1.82) is 0 Å². The van der Waals surface area contributed by atoms with E-state index in [9.17, 15) is 9.18 Å². The van der Waals surface area contributed by atoms with Gasteiger partial charge in [0.05, 0.1) is 0 Å². The third-order valence-electron chi connectivity index (χ3n) is 3.97. The molecule has 1 N–H and O–H groups in total. The maximum Gasteiger partial charge on any atom is 0.163 e. The molecular weight excluding hydrogens is 501 g/mol. The minimum atomic E-state index is -0.765. The van der Waals surface area contributed by atoms with Gasteiger partial charge >= 0.3 is 0 Å². The number of hydrogen-bond donors (Lipinski definition) is 1. The number of carbonyl (C=O) groups excluding carboxylic acids is 1. The monoisotopic (exact) mass is 515 g/mol. The molecule has 2 heterocycles. The first kappa shape index (κ1) is 20.3. The number of hydrogen-bond acceptors (Lipinski definition) is 6. The molecule has 0 amide bonds. The van der Waals surface area contributed by atoms with E-state index in [-0.39, 0.29) is 5.82 Å².